The number of methoxy groups -OCH3 is 1. The third-order valence-corrected chi connectivity index (χ3v) is 2.48. The Morgan fingerprint density at radius 1 is 1.50 bits per heavy atom. The lowest BCUT2D eigenvalue weighted by molar-refractivity contribution is -0.142. The van der Waals surface area contributed by atoms with Crippen LogP contribution in [-0.4, -0.2) is 25.7 Å². The van der Waals surface area contributed by atoms with Crippen LogP contribution in [0.5, 0.6) is 5.75 Å². The van der Waals surface area contributed by atoms with E-state index in [1.165, 1.54) is 7.11 Å². The van der Waals surface area contributed by atoms with Gasteiger partial charge in [-0.25, -0.2) is 0 Å². The van der Waals surface area contributed by atoms with Crippen LogP contribution in [0.2, 0.25) is 0 Å². The monoisotopic (exact) mass is 249 g/mol. The van der Waals surface area contributed by atoms with Crippen molar-refractivity contribution in [1.29, 1.82) is 0 Å². The van der Waals surface area contributed by atoms with E-state index in [1.807, 2.05) is 24.3 Å². The van der Waals surface area contributed by atoms with Crippen LogP contribution in [0.4, 0.5) is 0 Å². The summed E-state index contributed by atoms with van der Waals surface area (Å²) in [6, 6.07) is 7.34. The van der Waals surface area contributed by atoms with Gasteiger partial charge in [0.1, 0.15) is 18.4 Å². The lowest BCUT2D eigenvalue weighted by atomic mass is 10.2. The van der Waals surface area contributed by atoms with Crippen molar-refractivity contribution in [2.24, 2.45) is 0 Å². The maximum Gasteiger partial charge on any atom is 0.322 e. The molecular weight excluding hydrogens is 230 g/mol. The highest BCUT2D eigenvalue weighted by molar-refractivity contribution is 5.75. The van der Waals surface area contributed by atoms with E-state index in [0.717, 1.165) is 11.3 Å². The van der Waals surface area contributed by atoms with Gasteiger partial charge in [0.05, 0.1) is 7.11 Å². The molecule has 0 radical (unpaired) electrons. The molecule has 0 aliphatic heterocycles. The van der Waals surface area contributed by atoms with Gasteiger partial charge in [0.15, 0.2) is 0 Å². The van der Waals surface area contributed by atoms with Crippen LogP contribution in [0, 0.1) is 0 Å². The molecule has 0 aromatic heterocycles. The van der Waals surface area contributed by atoms with Gasteiger partial charge in [-0.2, -0.15) is 0 Å². The number of ether oxygens (including phenoxy) is 2. The number of hydrogen-bond donors (Lipinski definition) is 1. The molecule has 0 unspecified atom stereocenters. The van der Waals surface area contributed by atoms with Crippen molar-refractivity contribution in [2.75, 3.05) is 13.7 Å². The summed E-state index contributed by atoms with van der Waals surface area (Å²) in [5.74, 6) is 0.515. The number of hydrogen-bond acceptors (Lipinski definition) is 4. The zero-order valence-electron chi connectivity index (χ0n) is 10.8. The standard InChI is InChI=1S/C14H19NO3/c1-4-9-18-13-8-6-5-7-12(13)10-15-11(2)14(16)17-3/h4-8,11,15H,1,9-10H2,2-3H3/t11-/m0/s1. The number of benzene rings is 1. The summed E-state index contributed by atoms with van der Waals surface area (Å²) in [4.78, 5) is 11.3. The number of carbonyl (C=O) groups is 1. The maximum absolute atomic E-state index is 11.3. The van der Waals surface area contributed by atoms with Crippen molar-refractivity contribution in [2.45, 2.75) is 19.5 Å². The maximum atomic E-state index is 11.3. The number of para-hydroxylation sites is 1. The molecule has 0 aliphatic rings. The van der Waals surface area contributed by atoms with Crippen molar-refractivity contribution in [3.8, 4) is 5.75 Å². The lowest BCUT2D eigenvalue weighted by Crippen LogP contribution is -2.34. The summed E-state index contributed by atoms with van der Waals surface area (Å²) in [7, 11) is 1.38. The zero-order chi connectivity index (χ0) is 13.4. The van der Waals surface area contributed by atoms with E-state index in [-0.39, 0.29) is 12.0 Å². The largest absolute Gasteiger partial charge is 0.489 e. The molecule has 0 heterocycles. The third-order valence-electron chi connectivity index (χ3n) is 2.48. The van der Waals surface area contributed by atoms with E-state index >= 15 is 0 Å². The fraction of sp³-hybridized carbons (Fsp3) is 0.357. The SMILES string of the molecule is C=CCOc1ccccc1CN[C@@H](C)C(=O)OC. The van der Waals surface area contributed by atoms with Crippen molar-refractivity contribution in [3.63, 3.8) is 0 Å². The van der Waals surface area contributed by atoms with Crippen LogP contribution in [0.3, 0.4) is 0 Å². The molecule has 1 atom stereocenters. The molecule has 18 heavy (non-hydrogen) atoms. The second kappa shape index (κ2) is 7.50. The Hall–Kier alpha value is -1.81. The minimum atomic E-state index is -0.345. The van der Waals surface area contributed by atoms with Gasteiger partial charge in [-0.3, -0.25) is 4.79 Å². The Kier molecular flexibility index (Phi) is 5.94. The molecule has 0 bridgehead atoms. The molecule has 0 saturated heterocycles. The van der Waals surface area contributed by atoms with Gasteiger partial charge in [-0.1, -0.05) is 30.9 Å². The highest BCUT2D eigenvalue weighted by Crippen LogP contribution is 2.17. The first-order valence-electron chi connectivity index (χ1n) is 5.81. The fourth-order valence-corrected chi connectivity index (χ4v) is 1.46. The molecule has 1 aromatic rings. The first kappa shape index (κ1) is 14.3. The van der Waals surface area contributed by atoms with E-state index in [2.05, 4.69) is 16.6 Å². The second-order valence-electron chi connectivity index (χ2n) is 3.83. The molecule has 0 spiro atoms. The summed E-state index contributed by atoms with van der Waals surface area (Å²) >= 11 is 0. The molecule has 1 rings (SSSR count). The van der Waals surface area contributed by atoms with Crippen molar-refractivity contribution in [1.82, 2.24) is 5.32 Å². The molecule has 0 fully saturated rings. The van der Waals surface area contributed by atoms with Gasteiger partial charge in [0.25, 0.3) is 0 Å². The van der Waals surface area contributed by atoms with Crippen LogP contribution in [0.15, 0.2) is 36.9 Å². The van der Waals surface area contributed by atoms with E-state index in [1.54, 1.807) is 13.0 Å². The summed E-state index contributed by atoms with van der Waals surface area (Å²) in [6.45, 7) is 6.38. The van der Waals surface area contributed by atoms with E-state index in [9.17, 15) is 4.79 Å². The van der Waals surface area contributed by atoms with Crippen LogP contribution in [0.1, 0.15) is 12.5 Å². The molecule has 98 valence electrons. The van der Waals surface area contributed by atoms with Gasteiger partial charge >= 0.3 is 5.97 Å². The van der Waals surface area contributed by atoms with Gasteiger partial charge in [0, 0.05) is 12.1 Å². The Morgan fingerprint density at radius 3 is 2.89 bits per heavy atom. The summed E-state index contributed by atoms with van der Waals surface area (Å²) in [6.07, 6.45) is 1.70. The Bertz CT molecular complexity index is 404. The fourth-order valence-electron chi connectivity index (χ4n) is 1.46. The van der Waals surface area contributed by atoms with E-state index in [0.29, 0.717) is 13.2 Å². The second-order valence-corrected chi connectivity index (χ2v) is 3.83. The number of esters is 1. The molecule has 0 aliphatic carbocycles. The van der Waals surface area contributed by atoms with Gasteiger partial charge < -0.3 is 14.8 Å². The average Bonchev–Trinajstić information content (AvgIpc) is 2.42. The van der Waals surface area contributed by atoms with Crippen LogP contribution < -0.4 is 10.1 Å². The molecule has 1 N–H and O–H groups in total. The molecular formula is C14H19NO3. The predicted molar refractivity (Wildman–Crippen MR) is 70.5 cm³/mol. The molecule has 0 saturated carbocycles. The highest BCUT2D eigenvalue weighted by atomic mass is 16.5. The minimum absolute atomic E-state index is 0.278. The van der Waals surface area contributed by atoms with Gasteiger partial charge in [0.2, 0.25) is 0 Å². The van der Waals surface area contributed by atoms with Crippen LogP contribution in [0.25, 0.3) is 0 Å². The number of nitrogens with one attached hydrogen (secondary N) is 1. The number of carbonyl (C=O) groups excluding carboxylic acids is 1. The van der Waals surface area contributed by atoms with E-state index < -0.39 is 0 Å². The first-order chi connectivity index (χ1) is 8.69. The average molecular weight is 249 g/mol. The van der Waals surface area contributed by atoms with Crippen LogP contribution >= 0.6 is 0 Å². The van der Waals surface area contributed by atoms with Gasteiger partial charge in [-0.05, 0) is 13.0 Å². The van der Waals surface area contributed by atoms with Crippen molar-refractivity contribution >= 4 is 5.97 Å². The highest BCUT2D eigenvalue weighted by Gasteiger charge is 2.12. The molecule has 4 heteroatoms. The molecule has 4 nitrogen and oxygen atoms in total. The van der Waals surface area contributed by atoms with Crippen LogP contribution in [-0.2, 0) is 16.1 Å². The zero-order valence-corrected chi connectivity index (χ0v) is 10.8. The van der Waals surface area contributed by atoms with Crippen molar-refractivity contribution < 1.29 is 14.3 Å². The molecule has 1 aromatic carbocycles. The smallest absolute Gasteiger partial charge is 0.322 e. The quantitative estimate of drug-likeness (QED) is 0.592. The lowest BCUT2D eigenvalue weighted by Gasteiger charge is -2.14. The topological polar surface area (TPSA) is 47.6 Å². The van der Waals surface area contributed by atoms with Crippen molar-refractivity contribution in [3.05, 3.63) is 42.5 Å². The first-order valence-corrected chi connectivity index (χ1v) is 5.81. The Balaban J connectivity index is 2.60. The normalized spacial score (nSPS) is 11.7. The summed E-state index contributed by atoms with van der Waals surface area (Å²) in [5, 5.41) is 3.09. The molecule has 0 amide bonds. The Labute approximate surface area is 108 Å². The van der Waals surface area contributed by atoms with E-state index in [4.69, 9.17) is 4.74 Å². The predicted octanol–water partition coefficient (Wildman–Crippen LogP) is 1.90. The minimum Gasteiger partial charge on any atom is -0.489 e. The summed E-state index contributed by atoms with van der Waals surface area (Å²) < 4.78 is 10.2. The third kappa shape index (κ3) is 4.22. The Morgan fingerprint density at radius 2 is 2.22 bits per heavy atom. The number of rotatable bonds is 7. The summed E-state index contributed by atoms with van der Waals surface area (Å²) in [5.41, 5.74) is 0.995. The van der Waals surface area contributed by atoms with Gasteiger partial charge in [-0.15, -0.1) is 0 Å².